The summed E-state index contributed by atoms with van der Waals surface area (Å²) in [4.78, 5) is 6.69. The lowest BCUT2D eigenvalue weighted by molar-refractivity contribution is 0.454. The van der Waals surface area contributed by atoms with Crippen molar-refractivity contribution in [3.8, 4) is 0 Å². The van der Waals surface area contributed by atoms with Gasteiger partial charge in [0.25, 0.3) is 0 Å². The van der Waals surface area contributed by atoms with Crippen molar-refractivity contribution in [2.75, 3.05) is 34.7 Å². The number of rotatable bonds is 10. The van der Waals surface area contributed by atoms with E-state index in [9.17, 15) is 8.42 Å². The third-order valence-electron chi connectivity index (χ3n) is 4.14. The minimum Gasteiger partial charge on any atom is -0.352 e. The van der Waals surface area contributed by atoms with E-state index in [0.717, 1.165) is 43.8 Å². The fraction of sp³-hybridized carbons (Fsp3) is 0.526. The fourth-order valence-corrected chi connectivity index (χ4v) is 3.69. The molecule has 0 saturated carbocycles. The monoisotopic (exact) mass is 508 g/mol. The Morgan fingerprint density at radius 3 is 2.44 bits per heavy atom. The van der Waals surface area contributed by atoms with E-state index in [0.29, 0.717) is 11.4 Å². The molecule has 27 heavy (non-hydrogen) atoms. The molecule has 1 N–H and O–H groups in total. The molecule has 0 bridgehead atoms. The second kappa shape index (κ2) is 13.1. The highest BCUT2D eigenvalue weighted by atomic mass is 127. The Hall–Kier alpha value is -1.13. The van der Waals surface area contributed by atoms with Gasteiger partial charge in [0.2, 0.25) is 10.0 Å². The van der Waals surface area contributed by atoms with Crippen LogP contribution in [0.3, 0.4) is 0 Å². The summed E-state index contributed by atoms with van der Waals surface area (Å²) in [5, 5.41) is 3.27. The number of nitrogens with one attached hydrogen (secondary N) is 1. The Morgan fingerprint density at radius 2 is 1.85 bits per heavy atom. The van der Waals surface area contributed by atoms with Gasteiger partial charge in [-0.3, -0.25) is 4.99 Å². The Labute approximate surface area is 181 Å². The zero-order valence-electron chi connectivity index (χ0n) is 16.8. The van der Waals surface area contributed by atoms with Crippen molar-refractivity contribution in [3.05, 3.63) is 42.5 Å². The number of benzene rings is 1. The van der Waals surface area contributed by atoms with Crippen LogP contribution in [-0.4, -0.2) is 58.3 Å². The zero-order valence-corrected chi connectivity index (χ0v) is 20.0. The van der Waals surface area contributed by atoms with Gasteiger partial charge in [-0.25, -0.2) is 12.7 Å². The van der Waals surface area contributed by atoms with Gasteiger partial charge >= 0.3 is 0 Å². The summed E-state index contributed by atoms with van der Waals surface area (Å²) in [6.45, 7) is 5.03. The molecule has 154 valence electrons. The summed E-state index contributed by atoms with van der Waals surface area (Å²) in [5.41, 5.74) is 0.724. The van der Waals surface area contributed by atoms with E-state index in [2.05, 4.69) is 21.8 Å². The van der Waals surface area contributed by atoms with Gasteiger partial charge in [-0.15, -0.1) is 30.6 Å². The largest absolute Gasteiger partial charge is 0.352 e. The quantitative estimate of drug-likeness (QED) is 0.173. The van der Waals surface area contributed by atoms with Crippen LogP contribution in [0.5, 0.6) is 0 Å². The number of hydrogen-bond acceptors (Lipinski definition) is 3. The molecule has 1 rings (SSSR count). The van der Waals surface area contributed by atoms with Crippen LogP contribution < -0.4 is 5.32 Å². The molecule has 0 saturated heterocycles. The average Bonchev–Trinajstić information content (AvgIpc) is 2.62. The van der Waals surface area contributed by atoms with Crippen molar-refractivity contribution in [2.24, 2.45) is 4.99 Å². The highest BCUT2D eigenvalue weighted by Gasteiger charge is 2.20. The van der Waals surface area contributed by atoms with Crippen LogP contribution in [0, 0.1) is 0 Å². The van der Waals surface area contributed by atoms with Gasteiger partial charge in [-0.05, 0) is 30.9 Å². The molecule has 0 unspecified atom stereocenters. The molecule has 0 atom stereocenters. The molecule has 0 fully saturated rings. The second-order valence-electron chi connectivity index (χ2n) is 6.36. The van der Waals surface area contributed by atoms with Crippen LogP contribution >= 0.6 is 24.0 Å². The first-order valence-corrected chi connectivity index (χ1v) is 10.3. The predicted octanol–water partition coefficient (Wildman–Crippen LogP) is 3.31. The Morgan fingerprint density at radius 1 is 1.19 bits per heavy atom. The molecule has 8 heteroatoms. The molecule has 6 nitrogen and oxygen atoms in total. The van der Waals surface area contributed by atoms with Crippen LogP contribution in [0.15, 0.2) is 46.8 Å². The third-order valence-corrected chi connectivity index (χ3v) is 6.06. The summed E-state index contributed by atoms with van der Waals surface area (Å²) in [6, 6.07) is 7.05. The first-order valence-electron chi connectivity index (χ1n) is 8.87. The summed E-state index contributed by atoms with van der Waals surface area (Å²) in [5.74, 6) is 0.755. The number of unbranched alkanes of at least 4 members (excludes halogenated alkanes) is 3. The first-order chi connectivity index (χ1) is 12.3. The number of halogens is 1. The maximum absolute atomic E-state index is 12.5. The van der Waals surface area contributed by atoms with Crippen molar-refractivity contribution < 1.29 is 8.42 Å². The summed E-state index contributed by atoms with van der Waals surface area (Å²) >= 11 is 0. The highest BCUT2D eigenvalue weighted by Crippen LogP contribution is 2.18. The van der Waals surface area contributed by atoms with E-state index in [1.807, 2.05) is 25.3 Å². The van der Waals surface area contributed by atoms with Gasteiger partial charge in [0.05, 0.1) is 4.90 Å². The van der Waals surface area contributed by atoms with E-state index in [-0.39, 0.29) is 24.0 Å². The summed E-state index contributed by atoms with van der Waals surface area (Å²) in [7, 11) is 3.33. The third kappa shape index (κ3) is 8.18. The van der Waals surface area contributed by atoms with Gasteiger partial charge in [0.1, 0.15) is 0 Å². The lowest BCUT2D eigenvalue weighted by Crippen LogP contribution is -2.39. The second-order valence-corrected chi connectivity index (χ2v) is 8.48. The minimum absolute atomic E-state index is 0. The van der Waals surface area contributed by atoms with Crippen LogP contribution in [0.4, 0.5) is 0 Å². The maximum atomic E-state index is 12.5. The lowest BCUT2D eigenvalue weighted by Gasteiger charge is -2.23. The van der Waals surface area contributed by atoms with Crippen molar-refractivity contribution in [1.29, 1.82) is 0 Å². The normalized spacial score (nSPS) is 11.8. The van der Waals surface area contributed by atoms with E-state index in [4.69, 9.17) is 0 Å². The van der Waals surface area contributed by atoms with Crippen molar-refractivity contribution in [1.82, 2.24) is 14.5 Å². The van der Waals surface area contributed by atoms with Gasteiger partial charge in [-0.1, -0.05) is 30.7 Å². The van der Waals surface area contributed by atoms with Crippen molar-refractivity contribution >= 4 is 40.0 Å². The molecular weight excluding hydrogens is 475 g/mol. The van der Waals surface area contributed by atoms with E-state index < -0.39 is 10.0 Å². The fourth-order valence-electron chi connectivity index (χ4n) is 2.58. The number of hydrogen-bond donors (Lipinski definition) is 1. The zero-order chi connectivity index (χ0) is 19.6. The first kappa shape index (κ1) is 25.9. The topological polar surface area (TPSA) is 65.0 Å². The number of nitrogens with zero attached hydrogens (tertiary/aromatic N) is 3. The maximum Gasteiger partial charge on any atom is 0.242 e. The Balaban J connectivity index is 0.00000676. The highest BCUT2D eigenvalue weighted by molar-refractivity contribution is 14.0. The molecule has 1 aromatic rings. The lowest BCUT2D eigenvalue weighted by atomic mass is 10.2. The molecule has 1 aromatic carbocycles. The van der Waals surface area contributed by atoms with Crippen LogP contribution in [0.25, 0.3) is 0 Å². The summed E-state index contributed by atoms with van der Waals surface area (Å²) < 4.78 is 26.2. The molecule has 0 amide bonds. The van der Waals surface area contributed by atoms with E-state index in [1.54, 1.807) is 33.3 Å². The summed E-state index contributed by atoms with van der Waals surface area (Å²) in [6.07, 6.45) is 6.38. The van der Waals surface area contributed by atoms with Crippen molar-refractivity contribution in [3.63, 3.8) is 0 Å². The Bertz CT molecular complexity index is 705. The number of aliphatic imine (C=N–C) groups is 1. The number of sulfonamides is 1. The van der Waals surface area contributed by atoms with Crippen molar-refractivity contribution in [2.45, 2.75) is 37.1 Å². The molecular formula is C19H33IN4O2S. The molecule has 0 heterocycles. The van der Waals surface area contributed by atoms with Crippen LogP contribution in [-0.2, 0) is 16.6 Å². The van der Waals surface area contributed by atoms with Gasteiger partial charge in [0.15, 0.2) is 5.96 Å². The van der Waals surface area contributed by atoms with Gasteiger partial charge in [0, 0.05) is 41.3 Å². The molecule has 0 spiro atoms. The molecule has 0 aromatic heterocycles. The molecule has 0 radical (unpaired) electrons. The van der Waals surface area contributed by atoms with E-state index in [1.165, 1.54) is 4.31 Å². The number of allylic oxidation sites excluding steroid dienone is 1. The minimum atomic E-state index is -3.47. The Kier molecular flexibility index (Phi) is 12.6. The standard InChI is InChI=1S/C19H32N4O2S.HI/c1-6-7-8-9-12-15-23(5)19(20-2)21-16-17-13-10-11-14-18(17)26(24,25)22(3)4;/h6,10-11,13-14H,1,7-9,12,15-16H2,2-5H3,(H,20,21);1H. The SMILES string of the molecule is C=CCCCCCN(C)C(=NC)NCc1ccccc1S(=O)(=O)N(C)C.I. The average molecular weight is 508 g/mol. The van der Waals surface area contributed by atoms with Gasteiger partial charge < -0.3 is 10.2 Å². The molecule has 0 aliphatic heterocycles. The van der Waals surface area contributed by atoms with Crippen LogP contribution in [0.1, 0.15) is 31.2 Å². The molecule has 0 aliphatic carbocycles. The van der Waals surface area contributed by atoms with E-state index >= 15 is 0 Å². The smallest absolute Gasteiger partial charge is 0.242 e. The predicted molar refractivity (Wildman–Crippen MR) is 124 cm³/mol. The van der Waals surface area contributed by atoms with Gasteiger partial charge in [-0.2, -0.15) is 0 Å². The number of guanidine groups is 1. The molecule has 0 aliphatic rings. The van der Waals surface area contributed by atoms with Crippen LogP contribution in [0.2, 0.25) is 0 Å².